The standard InChI is InChI=1S/C13H19NO/c14-10-13(8-9-15)7-3-5-11-4-1-2-6-12(11)13/h1-2,4,6,15H,3,5,7-10,14H2. The quantitative estimate of drug-likeness (QED) is 0.787. The molecular weight excluding hydrogens is 186 g/mol. The average molecular weight is 205 g/mol. The molecule has 0 saturated carbocycles. The van der Waals surface area contributed by atoms with E-state index in [1.54, 1.807) is 0 Å². The normalized spacial score (nSPS) is 24.9. The molecule has 0 saturated heterocycles. The summed E-state index contributed by atoms with van der Waals surface area (Å²) >= 11 is 0. The molecule has 82 valence electrons. The number of rotatable bonds is 3. The first-order chi connectivity index (χ1) is 7.32. The highest BCUT2D eigenvalue weighted by molar-refractivity contribution is 5.37. The Hall–Kier alpha value is -0.860. The van der Waals surface area contributed by atoms with Crippen LogP contribution in [-0.2, 0) is 11.8 Å². The Kier molecular flexibility index (Phi) is 3.08. The first kappa shape index (κ1) is 10.7. The lowest BCUT2D eigenvalue weighted by atomic mass is 9.68. The van der Waals surface area contributed by atoms with E-state index in [2.05, 4.69) is 24.3 Å². The summed E-state index contributed by atoms with van der Waals surface area (Å²) in [5, 5.41) is 9.18. The second-order valence-corrected chi connectivity index (χ2v) is 4.47. The lowest BCUT2D eigenvalue weighted by molar-refractivity contribution is 0.223. The minimum atomic E-state index is 0.0313. The minimum absolute atomic E-state index is 0.0313. The summed E-state index contributed by atoms with van der Waals surface area (Å²) in [6.45, 7) is 0.871. The number of nitrogens with two attached hydrogens (primary N) is 1. The molecule has 0 spiro atoms. The molecule has 0 aromatic heterocycles. The predicted octanol–water partition coefficient (Wildman–Crippen LogP) is 1.60. The first-order valence-corrected chi connectivity index (χ1v) is 5.72. The van der Waals surface area contributed by atoms with Crippen LogP contribution >= 0.6 is 0 Å². The molecule has 2 nitrogen and oxygen atoms in total. The van der Waals surface area contributed by atoms with Gasteiger partial charge in [-0.15, -0.1) is 0 Å². The SMILES string of the molecule is NCC1(CCO)CCCc2ccccc21. The van der Waals surface area contributed by atoms with Crippen LogP contribution in [0.1, 0.15) is 30.4 Å². The summed E-state index contributed by atoms with van der Waals surface area (Å²) < 4.78 is 0. The molecule has 0 radical (unpaired) electrons. The van der Waals surface area contributed by atoms with Gasteiger partial charge in [-0.05, 0) is 36.8 Å². The van der Waals surface area contributed by atoms with Crippen molar-refractivity contribution in [3.8, 4) is 0 Å². The zero-order chi connectivity index (χ0) is 10.7. The van der Waals surface area contributed by atoms with Crippen LogP contribution in [0.2, 0.25) is 0 Å². The average Bonchev–Trinajstić information content (AvgIpc) is 2.30. The summed E-state index contributed by atoms with van der Waals surface area (Å²) in [6, 6.07) is 8.53. The summed E-state index contributed by atoms with van der Waals surface area (Å²) in [6.07, 6.45) is 4.25. The maximum atomic E-state index is 9.18. The van der Waals surface area contributed by atoms with Gasteiger partial charge in [0.1, 0.15) is 0 Å². The van der Waals surface area contributed by atoms with Gasteiger partial charge in [0.2, 0.25) is 0 Å². The van der Waals surface area contributed by atoms with Crippen molar-refractivity contribution in [1.29, 1.82) is 0 Å². The number of aliphatic hydroxyl groups excluding tert-OH is 1. The van der Waals surface area contributed by atoms with Crippen molar-refractivity contribution in [3.05, 3.63) is 35.4 Å². The van der Waals surface area contributed by atoms with Gasteiger partial charge in [-0.25, -0.2) is 0 Å². The van der Waals surface area contributed by atoms with Crippen molar-refractivity contribution in [2.45, 2.75) is 31.1 Å². The molecule has 2 heteroatoms. The fourth-order valence-corrected chi connectivity index (χ4v) is 2.80. The zero-order valence-electron chi connectivity index (χ0n) is 9.08. The highest BCUT2D eigenvalue weighted by Gasteiger charge is 2.34. The molecule has 0 bridgehead atoms. The third kappa shape index (κ3) is 1.80. The molecule has 0 amide bonds. The molecule has 1 unspecified atom stereocenters. The van der Waals surface area contributed by atoms with E-state index < -0.39 is 0 Å². The second kappa shape index (κ2) is 4.33. The molecule has 0 fully saturated rings. The molecule has 2 rings (SSSR count). The maximum absolute atomic E-state index is 9.18. The molecule has 0 heterocycles. The van der Waals surface area contributed by atoms with Crippen LogP contribution in [0.4, 0.5) is 0 Å². The number of hydrogen-bond donors (Lipinski definition) is 2. The molecule has 1 aromatic rings. The monoisotopic (exact) mass is 205 g/mol. The highest BCUT2D eigenvalue weighted by Crippen LogP contribution is 2.38. The summed E-state index contributed by atoms with van der Waals surface area (Å²) in [7, 11) is 0. The summed E-state index contributed by atoms with van der Waals surface area (Å²) in [5.41, 5.74) is 8.75. The topological polar surface area (TPSA) is 46.2 Å². The van der Waals surface area contributed by atoms with Crippen molar-refractivity contribution in [2.75, 3.05) is 13.2 Å². The van der Waals surface area contributed by atoms with E-state index in [0.29, 0.717) is 6.54 Å². The van der Waals surface area contributed by atoms with Gasteiger partial charge in [0.15, 0.2) is 0 Å². The molecule has 3 N–H and O–H groups in total. The van der Waals surface area contributed by atoms with Crippen LogP contribution < -0.4 is 5.73 Å². The Balaban J connectivity index is 2.42. The second-order valence-electron chi connectivity index (χ2n) is 4.47. The van der Waals surface area contributed by atoms with Crippen LogP contribution in [0.3, 0.4) is 0 Å². The lowest BCUT2D eigenvalue weighted by Crippen LogP contribution is -2.39. The zero-order valence-corrected chi connectivity index (χ0v) is 9.08. The van der Waals surface area contributed by atoms with Crippen LogP contribution in [0.15, 0.2) is 24.3 Å². The van der Waals surface area contributed by atoms with Crippen LogP contribution in [0.25, 0.3) is 0 Å². The van der Waals surface area contributed by atoms with Gasteiger partial charge in [-0.1, -0.05) is 24.3 Å². The van der Waals surface area contributed by atoms with Gasteiger partial charge < -0.3 is 10.8 Å². The Morgan fingerprint density at radius 2 is 2.13 bits per heavy atom. The molecule has 1 aliphatic carbocycles. The fourth-order valence-electron chi connectivity index (χ4n) is 2.80. The molecular formula is C13H19NO. The Morgan fingerprint density at radius 1 is 1.33 bits per heavy atom. The Labute approximate surface area is 91.1 Å². The number of aryl methyl sites for hydroxylation is 1. The number of fused-ring (bicyclic) bond motifs is 1. The van der Waals surface area contributed by atoms with Gasteiger partial charge in [-0.3, -0.25) is 0 Å². The van der Waals surface area contributed by atoms with E-state index in [-0.39, 0.29) is 12.0 Å². The lowest BCUT2D eigenvalue weighted by Gasteiger charge is -2.38. The third-order valence-corrected chi connectivity index (χ3v) is 3.67. The largest absolute Gasteiger partial charge is 0.396 e. The number of benzene rings is 1. The summed E-state index contributed by atoms with van der Waals surface area (Å²) in [4.78, 5) is 0. The number of hydrogen-bond acceptors (Lipinski definition) is 2. The third-order valence-electron chi connectivity index (χ3n) is 3.67. The summed E-state index contributed by atoms with van der Waals surface area (Å²) in [5.74, 6) is 0. The Morgan fingerprint density at radius 3 is 2.87 bits per heavy atom. The van der Waals surface area contributed by atoms with E-state index >= 15 is 0 Å². The van der Waals surface area contributed by atoms with Gasteiger partial charge in [-0.2, -0.15) is 0 Å². The van der Waals surface area contributed by atoms with Gasteiger partial charge in [0.05, 0.1) is 0 Å². The highest BCUT2D eigenvalue weighted by atomic mass is 16.3. The molecule has 1 aliphatic rings. The van der Waals surface area contributed by atoms with E-state index in [9.17, 15) is 5.11 Å². The van der Waals surface area contributed by atoms with Gasteiger partial charge >= 0.3 is 0 Å². The van der Waals surface area contributed by atoms with Crippen LogP contribution in [-0.4, -0.2) is 18.3 Å². The molecule has 1 atom stereocenters. The first-order valence-electron chi connectivity index (χ1n) is 5.72. The van der Waals surface area contributed by atoms with Crippen molar-refractivity contribution >= 4 is 0 Å². The van der Waals surface area contributed by atoms with Crippen molar-refractivity contribution < 1.29 is 5.11 Å². The van der Waals surface area contributed by atoms with E-state index in [1.807, 2.05) is 0 Å². The molecule has 0 aliphatic heterocycles. The van der Waals surface area contributed by atoms with Gasteiger partial charge in [0, 0.05) is 18.6 Å². The maximum Gasteiger partial charge on any atom is 0.0440 e. The fraction of sp³-hybridized carbons (Fsp3) is 0.538. The number of aliphatic hydroxyl groups is 1. The van der Waals surface area contributed by atoms with Crippen LogP contribution in [0.5, 0.6) is 0 Å². The van der Waals surface area contributed by atoms with Crippen molar-refractivity contribution in [3.63, 3.8) is 0 Å². The Bertz CT molecular complexity index is 337. The smallest absolute Gasteiger partial charge is 0.0440 e. The van der Waals surface area contributed by atoms with E-state index in [0.717, 1.165) is 19.3 Å². The van der Waals surface area contributed by atoms with Crippen molar-refractivity contribution in [1.82, 2.24) is 0 Å². The van der Waals surface area contributed by atoms with E-state index in [4.69, 9.17) is 5.73 Å². The minimum Gasteiger partial charge on any atom is -0.396 e. The van der Waals surface area contributed by atoms with Gasteiger partial charge in [0.25, 0.3) is 0 Å². The van der Waals surface area contributed by atoms with E-state index in [1.165, 1.54) is 17.5 Å². The molecule has 15 heavy (non-hydrogen) atoms. The molecule has 1 aromatic carbocycles. The predicted molar refractivity (Wildman–Crippen MR) is 61.8 cm³/mol. The van der Waals surface area contributed by atoms with Crippen LogP contribution in [0, 0.1) is 0 Å². The van der Waals surface area contributed by atoms with Crippen molar-refractivity contribution in [2.24, 2.45) is 5.73 Å².